The Kier molecular flexibility index (Phi) is 3.78. The number of rotatable bonds is 0. The third-order valence-electron chi connectivity index (χ3n) is 0. The molecule has 0 aromatic rings. The van der Waals surface area contributed by atoms with Gasteiger partial charge in [0.1, 0.15) is 0 Å². The maximum atomic E-state index is 9.40. The van der Waals surface area contributed by atoms with Gasteiger partial charge in [0, 0.05) is 10.7 Å². The van der Waals surface area contributed by atoms with Crippen LogP contribution in [-0.4, -0.2) is 14.7 Å². The van der Waals surface area contributed by atoms with Crippen LogP contribution in [-0.2, 0) is 9.05 Å². The van der Waals surface area contributed by atoms with Gasteiger partial charge in [0.15, 0.2) is 0 Å². The van der Waals surface area contributed by atoms with E-state index in [-0.39, 0.29) is 6.15 Å². The van der Waals surface area contributed by atoms with E-state index >= 15 is 0 Å². The Morgan fingerprint density at radius 1 is 1.50 bits per heavy atom. The summed E-state index contributed by atoms with van der Waals surface area (Å²) in [5.41, 5.74) is 0. The van der Waals surface area contributed by atoms with Gasteiger partial charge >= 0.3 is 0 Å². The molecule has 0 atom stereocenters. The Morgan fingerprint density at radius 2 is 1.50 bits per heavy atom. The molecule has 5 heteroatoms. The molecule has 3 nitrogen and oxygen atoms in total. The molecule has 0 rings (SSSR count). The minimum Gasteiger partial charge on any atom is -0.344 e. The van der Waals surface area contributed by atoms with E-state index in [2.05, 4.69) is 10.7 Å². The van der Waals surface area contributed by atoms with Gasteiger partial charge in [0.05, 0.1) is 6.26 Å². The van der Waals surface area contributed by atoms with Crippen molar-refractivity contribution >= 4 is 19.7 Å². The van der Waals surface area contributed by atoms with E-state index in [1.807, 2.05) is 0 Å². The van der Waals surface area contributed by atoms with E-state index in [4.69, 9.17) is 0 Å². The summed E-state index contributed by atoms with van der Waals surface area (Å²) >= 11 is 0. The molecule has 0 aliphatic carbocycles. The molecule has 0 aromatic carbocycles. The molecule has 0 aliphatic rings. The zero-order valence-electron chi connectivity index (χ0n) is 3.31. The van der Waals surface area contributed by atoms with Gasteiger partial charge in [-0.2, -0.15) is 0 Å². The second kappa shape index (κ2) is 2.39. The normalized spacial score (nSPS) is 9.67. The highest BCUT2D eigenvalue weighted by Gasteiger charge is 1.83. The molecule has 0 heterocycles. The minimum atomic E-state index is -3.19. The molecule has 0 unspecified atom stereocenters. The van der Waals surface area contributed by atoms with Crippen LogP contribution in [0.25, 0.3) is 0 Å². The van der Waals surface area contributed by atoms with Gasteiger partial charge in [-0.3, -0.25) is 0 Å². The molecule has 0 aliphatic heterocycles. The smallest absolute Gasteiger partial charge is 0.229 e. The summed E-state index contributed by atoms with van der Waals surface area (Å²) < 4.78 is 18.8. The molecule has 0 radical (unpaired) electrons. The third-order valence-corrected chi connectivity index (χ3v) is 0. The van der Waals surface area contributed by atoms with Gasteiger partial charge in [0.25, 0.3) is 0 Å². The lowest BCUT2D eigenvalue weighted by Crippen LogP contribution is -1.76. The second-order valence-corrected chi connectivity index (χ2v) is 3.73. The van der Waals surface area contributed by atoms with Crippen molar-refractivity contribution < 1.29 is 8.42 Å². The molecule has 0 fully saturated rings. The first kappa shape index (κ1) is 9.50. The van der Waals surface area contributed by atoms with Gasteiger partial charge in [-0.25, -0.2) is 8.42 Å². The Balaban J connectivity index is 0. The Bertz CT molecular complexity index is 96.7. The van der Waals surface area contributed by atoms with Crippen LogP contribution in [0.5, 0.6) is 0 Å². The van der Waals surface area contributed by atoms with Crippen molar-refractivity contribution in [2.75, 3.05) is 6.26 Å². The lowest BCUT2D eigenvalue weighted by atomic mass is 12.0. The molecule has 0 spiro atoms. The van der Waals surface area contributed by atoms with Crippen LogP contribution in [0.1, 0.15) is 0 Å². The van der Waals surface area contributed by atoms with Crippen LogP contribution < -0.4 is 6.15 Å². The van der Waals surface area contributed by atoms with E-state index in [1.54, 1.807) is 0 Å². The zero-order valence-corrected chi connectivity index (χ0v) is 4.88. The molecule has 0 saturated carbocycles. The Morgan fingerprint density at radius 3 is 1.50 bits per heavy atom. The van der Waals surface area contributed by atoms with Crippen molar-refractivity contribution in [1.29, 1.82) is 0 Å². The summed E-state index contributed by atoms with van der Waals surface area (Å²) in [5, 5.41) is 0. The first-order valence-corrected chi connectivity index (χ1v) is 3.61. The summed E-state index contributed by atoms with van der Waals surface area (Å²) in [6.07, 6.45) is 0.925. The van der Waals surface area contributed by atoms with Crippen LogP contribution in [0.15, 0.2) is 0 Å². The average Bonchev–Trinajstić information content (AvgIpc) is 0.722. The third kappa shape index (κ3) is 1080. The predicted molar refractivity (Wildman–Crippen MR) is 25.7 cm³/mol. The molecule has 0 aromatic heterocycles. The zero-order chi connectivity index (χ0) is 4.50. The van der Waals surface area contributed by atoms with Crippen LogP contribution in [0, 0.1) is 0 Å². The standard InChI is InChI=1S/CH3ClO2S.H3N/c1-5(2,3)4;/h1H3;1H3. The van der Waals surface area contributed by atoms with Crippen LogP contribution in [0.2, 0.25) is 0 Å². The Hall–Kier alpha value is 0.200. The van der Waals surface area contributed by atoms with Gasteiger partial charge < -0.3 is 6.15 Å². The largest absolute Gasteiger partial charge is 0.344 e. The Labute approximate surface area is 41.3 Å². The van der Waals surface area contributed by atoms with Crippen molar-refractivity contribution in [3.63, 3.8) is 0 Å². The van der Waals surface area contributed by atoms with E-state index in [1.165, 1.54) is 0 Å². The van der Waals surface area contributed by atoms with Crippen molar-refractivity contribution in [3.05, 3.63) is 0 Å². The van der Waals surface area contributed by atoms with E-state index in [9.17, 15) is 8.42 Å². The van der Waals surface area contributed by atoms with Crippen molar-refractivity contribution in [2.24, 2.45) is 0 Å². The molecule has 0 bridgehead atoms. The number of hydrogen-bond acceptors (Lipinski definition) is 3. The van der Waals surface area contributed by atoms with E-state index in [0.29, 0.717) is 0 Å². The highest BCUT2D eigenvalue weighted by Crippen LogP contribution is 1.83. The lowest BCUT2D eigenvalue weighted by Gasteiger charge is -1.65. The summed E-state index contributed by atoms with van der Waals surface area (Å²) in [6, 6.07) is 0. The minimum absolute atomic E-state index is 0. The molecule has 3 N–H and O–H groups in total. The van der Waals surface area contributed by atoms with Crippen LogP contribution in [0.3, 0.4) is 0 Å². The first-order valence-electron chi connectivity index (χ1n) is 0.896. The van der Waals surface area contributed by atoms with Crippen molar-refractivity contribution in [2.45, 2.75) is 0 Å². The maximum absolute atomic E-state index is 9.40. The number of halogens is 1. The lowest BCUT2D eigenvalue weighted by molar-refractivity contribution is 0.615. The maximum Gasteiger partial charge on any atom is 0.229 e. The fourth-order valence-corrected chi connectivity index (χ4v) is 0. The summed E-state index contributed by atoms with van der Waals surface area (Å²) in [4.78, 5) is 0. The molecular formula is CH6ClNO2S. The summed E-state index contributed by atoms with van der Waals surface area (Å²) in [5.74, 6) is 0. The highest BCUT2D eigenvalue weighted by atomic mass is 35.7. The monoisotopic (exact) mass is 131 g/mol. The molecular weight excluding hydrogens is 126 g/mol. The SMILES string of the molecule is CS(=O)(=O)Cl.N. The van der Waals surface area contributed by atoms with Crippen LogP contribution >= 0.6 is 10.7 Å². The molecule has 6 heavy (non-hydrogen) atoms. The molecule has 0 amide bonds. The fraction of sp³-hybridized carbons (Fsp3) is 1.00. The molecule has 0 saturated heterocycles. The topological polar surface area (TPSA) is 69.1 Å². The van der Waals surface area contributed by atoms with Crippen LogP contribution in [0.4, 0.5) is 0 Å². The quantitative estimate of drug-likeness (QED) is 0.483. The summed E-state index contributed by atoms with van der Waals surface area (Å²) in [6.45, 7) is 0. The predicted octanol–water partition coefficient (Wildman–Crippen LogP) is 0.347. The average molecular weight is 132 g/mol. The van der Waals surface area contributed by atoms with E-state index in [0.717, 1.165) is 6.26 Å². The summed E-state index contributed by atoms with van der Waals surface area (Å²) in [7, 11) is 1.31. The van der Waals surface area contributed by atoms with Crippen molar-refractivity contribution in [3.8, 4) is 0 Å². The van der Waals surface area contributed by atoms with Gasteiger partial charge in [-0.15, -0.1) is 0 Å². The first-order chi connectivity index (χ1) is 2.00. The number of hydrogen-bond donors (Lipinski definition) is 1. The second-order valence-electron chi connectivity index (χ2n) is 0.682. The van der Waals surface area contributed by atoms with Gasteiger partial charge in [-0.05, 0) is 0 Å². The van der Waals surface area contributed by atoms with E-state index < -0.39 is 9.05 Å². The fourth-order valence-electron chi connectivity index (χ4n) is 0. The molecule has 40 valence electrons. The van der Waals surface area contributed by atoms with Crippen molar-refractivity contribution in [1.82, 2.24) is 6.15 Å². The highest BCUT2D eigenvalue weighted by molar-refractivity contribution is 8.13. The van der Waals surface area contributed by atoms with Gasteiger partial charge in [-0.1, -0.05) is 0 Å². The van der Waals surface area contributed by atoms with Gasteiger partial charge in [0.2, 0.25) is 9.05 Å².